The number of aliphatic carboxylic acids is 1. The lowest BCUT2D eigenvalue weighted by molar-refractivity contribution is -0.149. The van der Waals surface area contributed by atoms with Crippen LogP contribution < -0.4 is 5.32 Å². The molecule has 0 spiro atoms. The number of nitrogens with one attached hydrogen (secondary N) is 1. The molecule has 0 aliphatic heterocycles. The average molecular weight is 251 g/mol. The summed E-state index contributed by atoms with van der Waals surface area (Å²) in [7, 11) is 0. The predicted molar refractivity (Wildman–Crippen MR) is 65.0 cm³/mol. The van der Waals surface area contributed by atoms with Gasteiger partial charge in [-0.25, -0.2) is 9.97 Å². The number of aromatic nitrogens is 2. The van der Waals surface area contributed by atoms with Crippen molar-refractivity contribution in [1.29, 1.82) is 0 Å². The highest BCUT2D eigenvalue weighted by molar-refractivity contribution is 5.93. The van der Waals surface area contributed by atoms with E-state index in [1.54, 1.807) is 13.8 Å². The second kappa shape index (κ2) is 6.09. The van der Waals surface area contributed by atoms with Crippen molar-refractivity contribution in [2.45, 2.75) is 26.7 Å². The van der Waals surface area contributed by atoms with Gasteiger partial charge in [0, 0.05) is 18.9 Å². The molecule has 0 atom stereocenters. The van der Waals surface area contributed by atoms with Crippen molar-refractivity contribution in [3.8, 4) is 0 Å². The summed E-state index contributed by atoms with van der Waals surface area (Å²) in [6, 6.07) is 0. The molecule has 1 aromatic heterocycles. The fraction of sp³-hybridized carbons (Fsp3) is 0.500. The van der Waals surface area contributed by atoms with Crippen molar-refractivity contribution in [2.24, 2.45) is 5.41 Å². The van der Waals surface area contributed by atoms with Gasteiger partial charge >= 0.3 is 5.97 Å². The molecule has 1 heterocycles. The van der Waals surface area contributed by atoms with Gasteiger partial charge in [-0.2, -0.15) is 0 Å². The summed E-state index contributed by atoms with van der Waals surface area (Å²) >= 11 is 0. The van der Waals surface area contributed by atoms with E-state index in [2.05, 4.69) is 15.3 Å². The fourth-order valence-corrected chi connectivity index (χ4v) is 1.65. The van der Waals surface area contributed by atoms with Gasteiger partial charge in [0.05, 0.1) is 11.0 Å². The molecule has 2 N–H and O–H groups in total. The lowest BCUT2D eigenvalue weighted by Crippen LogP contribution is -2.42. The van der Waals surface area contributed by atoms with E-state index < -0.39 is 11.4 Å². The first-order valence-electron chi connectivity index (χ1n) is 5.82. The topological polar surface area (TPSA) is 92.2 Å². The Morgan fingerprint density at radius 2 is 1.83 bits per heavy atom. The summed E-state index contributed by atoms with van der Waals surface area (Å²) < 4.78 is 0. The summed E-state index contributed by atoms with van der Waals surface area (Å²) in [4.78, 5) is 30.5. The molecule has 1 rings (SSSR count). The Morgan fingerprint density at radius 1 is 1.28 bits per heavy atom. The molecule has 0 bridgehead atoms. The molecule has 1 amide bonds. The van der Waals surface area contributed by atoms with Crippen LogP contribution in [0.4, 0.5) is 0 Å². The van der Waals surface area contributed by atoms with E-state index in [0.29, 0.717) is 18.4 Å². The molecule has 0 saturated carbocycles. The molecular formula is C12H17N3O3. The van der Waals surface area contributed by atoms with Crippen LogP contribution in [-0.2, 0) is 4.79 Å². The molecule has 18 heavy (non-hydrogen) atoms. The number of carbonyl (C=O) groups is 2. The monoisotopic (exact) mass is 251 g/mol. The van der Waals surface area contributed by atoms with Gasteiger partial charge in [-0.1, -0.05) is 13.8 Å². The van der Waals surface area contributed by atoms with Gasteiger partial charge in [0.1, 0.15) is 6.33 Å². The Kier molecular flexibility index (Phi) is 4.76. The first-order chi connectivity index (χ1) is 8.55. The van der Waals surface area contributed by atoms with E-state index >= 15 is 0 Å². The minimum atomic E-state index is -0.911. The van der Waals surface area contributed by atoms with Gasteiger partial charge in [-0.15, -0.1) is 0 Å². The van der Waals surface area contributed by atoms with E-state index in [1.165, 1.54) is 18.7 Å². The summed E-state index contributed by atoms with van der Waals surface area (Å²) in [6.07, 6.45) is 5.04. The van der Waals surface area contributed by atoms with Gasteiger partial charge in [-0.05, 0) is 12.8 Å². The minimum Gasteiger partial charge on any atom is -0.481 e. The smallest absolute Gasteiger partial charge is 0.311 e. The SMILES string of the molecule is CCC(CC)(CNC(=O)c1cncnc1)C(=O)O. The number of carboxylic acids is 1. The Bertz CT molecular complexity index is 416. The molecule has 0 saturated heterocycles. The van der Waals surface area contributed by atoms with E-state index in [9.17, 15) is 14.7 Å². The lowest BCUT2D eigenvalue weighted by Gasteiger charge is -2.26. The van der Waals surface area contributed by atoms with Crippen LogP contribution in [0, 0.1) is 5.41 Å². The standard InChI is InChI=1S/C12H17N3O3/c1-3-12(4-2,11(17)18)7-15-10(16)9-5-13-8-14-6-9/h5-6,8H,3-4,7H2,1-2H3,(H,15,16)(H,17,18). The van der Waals surface area contributed by atoms with E-state index in [0.717, 1.165) is 0 Å². The third-order valence-corrected chi connectivity index (χ3v) is 3.22. The molecule has 0 unspecified atom stereocenters. The van der Waals surface area contributed by atoms with E-state index in [-0.39, 0.29) is 12.5 Å². The molecule has 0 aliphatic rings. The molecule has 0 fully saturated rings. The van der Waals surface area contributed by atoms with Crippen LogP contribution in [0.2, 0.25) is 0 Å². The molecular weight excluding hydrogens is 234 g/mol. The minimum absolute atomic E-state index is 0.100. The summed E-state index contributed by atoms with van der Waals surface area (Å²) in [5, 5.41) is 11.9. The quantitative estimate of drug-likeness (QED) is 0.789. The van der Waals surface area contributed by atoms with Gasteiger partial charge in [0.2, 0.25) is 0 Å². The average Bonchev–Trinajstić information content (AvgIpc) is 2.41. The Balaban J connectivity index is 2.69. The number of rotatable bonds is 6. The summed E-state index contributed by atoms with van der Waals surface area (Å²) in [6.45, 7) is 3.70. The number of hydrogen-bond donors (Lipinski definition) is 2. The maximum atomic E-state index is 11.8. The molecule has 0 aromatic carbocycles. The number of amides is 1. The van der Waals surface area contributed by atoms with Crippen LogP contribution in [0.3, 0.4) is 0 Å². The first-order valence-corrected chi connectivity index (χ1v) is 5.82. The van der Waals surface area contributed by atoms with E-state index in [1.807, 2.05) is 0 Å². The summed E-state index contributed by atoms with van der Waals surface area (Å²) in [5.74, 6) is -1.25. The van der Waals surface area contributed by atoms with Crippen LogP contribution in [-0.4, -0.2) is 33.5 Å². The zero-order valence-electron chi connectivity index (χ0n) is 10.5. The number of carboxylic acid groups (broad SMARTS) is 1. The normalized spacial score (nSPS) is 11.0. The Labute approximate surface area is 105 Å². The highest BCUT2D eigenvalue weighted by Crippen LogP contribution is 2.25. The van der Waals surface area contributed by atoms with Crippen LogP contribution in [0.15, 0.2) is 18.7 Å². The zero-order valence-corrected chi connectivity index (χ0v) is 10.5. The van der Waals surface area contributed by atoms with E-state index in [4.69, 9.17) is 0 Å². The van der Waals surface area contributed by atoms with Crippen molar-refractivity contribution in [2.75, 3.05) is 6.54 Å². The fourth-order valence-electron chi connectivity index (χ4n) is 1.65. The second-order valence-corrected chi connectivity index (χ2v) is 4.10. The van der Waals surface area contributed by atoms with Crippen LogP contribution in [0.25, 0.3) is 0 Å². The van der Waals surface area contributed by atoms with Gasteiger partial charge < -0.3 is 10.4 Å². The molecule has 1 aromatic rings. The molecule has 6 nitrogen and oxygen atoms in total. The lowest BCUT2D eigenvalue weighted by atomic mass is 9.82. The third kappa shape index (κ3) is 3.03. The van der Waals surface area contributed by atoms with Crippen molar-refractivity contribution < 1.29 is 14.7 Å². The maximum Gasteiger partial charge on any atom is 0.311 e. The van der Waals surface area contributed by atoms with Crippen LogP contribution >= 0.6 is 0 Å². The number of hydrogen-bond acceptors (Lipinski definition) is 4. The molecule has 6 heteroatoms. The van der Waals surface area contributed by atoms with Gasteiger partial charge in [0.15, 0.2) is 0 Å². The molecule has 0 radical (unpaired) electrons. The van der Waals surface area contributed by atoms with Crippen molar-refractivity contribution in [1.82, 2.24) is 15.3 Å². The highest BCUT2D eigenvalue weighted by Gasteiger charge is 2.35. The molecule has 0 aliphatic carbocycles. The maximum absolute atomic E-state index is 11.8. The second-order valence-electron chi connectivity index (χ2n) is 4.10. The molecule has 98 valence electrons. The zero-order chi connectivity index (χ0) is 13.6. The Morgan fingerprint density at radius 3 is 2.28 bits per heavy atom. The predicted octanol–water partition coefficient (Wildman–Crippen LogP) is 1.10. The first kappa shape index (κ1) is 14.1. The largest absolute Gasteiger partial charge is 0.481 e. The number of carbonyl (C=O) groups excluding carboxylic acids is 1. The van der Waals surface area contributed by atoms with Crippen molar-refractivity contribution in [3.63, 3.8) is 0 Å². The van der Waals surface area contributed by atoms with Crippen LogP contribution in [0.5, 0.6) is 0 Å². The number of nitrogens with zero attached hydrogens (tertiary/aromatic N) is 2. The van der Waals surface area contributed by atoms with Crippen molar-refractivity contribution in [3.05, 3.63) is 24.3 Å². The highest BCUT2D eigenvalue weighted by atomic mass is 16.4. The third-order valence-electron chi connectivity index (χ3n) is 3.22. The summed E-state index contributed by atoms with van der Waals surface area (Å²) in [5.41, 5.74) is -0.588. The Hall–Kier alpha value is -1.98. The van der Waals surface area contributed by atoms with Crippen LogP contribution in [0.1, 0.15) is 37.0 Å². The van der Waals surface area contributed by atoms with Gasteiger partial charge in [0.25, 0.3) is 5.91 Å². The van der Waals surface area contributed by atoms with Crippen molar-refractivity contribution >= 4 is 11.9 Å². The van der Waals surface area contributed by atoms with Gasteiger partial charge in [-0.3, -0.25) is 9.59 Å².